The van der Waals surface area contributed by atoms with Crippen LogP contribution in [0, 0.1) is 5.92 Å². The molecule has 0 aromatic rings. The van der Waals surface area contributed by atoms with Crippen LogP contribution in [0.2, 0.25) is 0 Å². The predicted octanol–water partition coefficient (Wildman–Crippen LogP) is 3.91. The van der Waals surface area contributed by atoms with Gasteiger partial charge in [-0.05, 0) is 50.2 Å². The molecule has 0 N–H and O–H groups in total. The molecule has 0 aromatic carbocycles. The number of aliphatic imine (C=N–C) groups is 1. The number of allylic oxidation sites excluding steroid dienone is 2. The van der Waals surface area contributed by atoms with Crippen LogP contribution in [0.25, 0.3) is 0 Å². The van der Waals surface area contributed by atoms with Crippen LogP contribution in [-0.2, 0) is 0 Å². The Morgan fingerprint density at radius 2 is 2.20 bits per heavy atom. The number of dihydropyridines is 1. The highest BCUT2D eigenvalue weighted by molar-refractivity contribution is 6.11. The van der Waals surface area contributed by atoms with Gasteiger partial charge in [0.05, 0.1) is 11.8 Å². The van der Waals surface area contributed by atoms with E-state index in [1.807, 2.05) is 0 Å². The molecule has 1 fully saturated rings. The quantitative estimate of drug-likeness (QED) is 0.657. The van der Waals surface area contributed by atoms with Crippen LogP contribution in [-0.4, -0.2) is 11.8 Å². The Bertz CT molecular complexity index is 318. The van der Waals surface area contributed by atoms with Crippen LogP contribution in [0.5, 0.6) is 0 Å². The van der Waals surface area contributed by atoms with Crippen LogP contribution < -0.4 is 0 Å². The zero-order valence-corrected chi connectivity index (χ0v) is 9.92. The van der Waals surface area contributed by atoms with E-state index in [-0.39, 0.29) is 0 Å². The maximum absolute atomic E-state index is 4.81. The van der Waals surface area contributed by atoms with E-state index in [2.05, 4.69) is 26.5 Å². The third-order valence-corrected chi connectivity index (χ3v) is 3.39. The summed E-state index contributed by atoms with van der Waals surface area (Å²) in [7, 11) is 0. The molecular formula is C14H21N. The van der Waals surface area contributed by atoms with E-state index in [0.717, 1.165) is 23.6 Å². The Morgan fingerprint density at radius 1 is 1.47 bits per heavy atom. The lowest BCUT2D eigenvalue weighted by atomic mass is 9.96. The molecule has 1 saturated carbocycles. The van der Waals surface area contributed by atoms with E-state index < -0.39 is 0 Å². The third kappa shape index (κ3) is 2.80. The van der Waals surface area contributed by atoms with Gasteiger partial charge in [-0.3, -0.25) is 4.99 Å². The van der Waals surface area contributed by atoms with Gasteiger partial charge in [-0.25, -0.2) is 0 Å². The molecular weight excluding hydrogens is 182 g/mol. The number of hydrogen-bond acceptors (Lipinski definition) is 1. The van der Waals surface area contributed by atoms with Gasteiger partial charge in [-0.1, -0.05) is 25.5 Å². The highest BCUT2D eigenvalue weighted by atomic mass is 14.8. The van der Waals surface area contributed by atoms with Crippen molar-refractivity contribution in [3.05, 3.63) is 23.8 Å². The van der Waals surface area contributed by atoms with Crippen molar-refractivity contribution in [2.45, 2.75) is 52.0 Å². The van der Waals surface area contributed by atoms with Gasteiger partial charge in [0, 0.05) is 0 Å². The topological polar surface area (TPSA) is 12.4 Å². The number of nitrogens with zero attached hydrogens (tertiary/aromatic N) is 1. The molecule has 2 rings (SSSR count). The summed E-state index contributed by atoms with van der Waals surface area (Å²) in [4.78, 5) is 4.81. The molecule has 0 aromatic heterocycles. The fourth-order valence-corrected chi connectivity index (χ4v) is 2.21. The van der Waals surface area contributed by atoms with E-state index in [4.69, 9.17) is 4.99 Å². The summed E-state index contributed by atoms with van der Waals surface area (Å²) < 4.78 is 0. The molecule has 1 nitrogen and oxygen atoms in total. The van der Waals surface area contributed by atoms with Gasteiger partial charge in [-0.2, -0.15) is 0 Å². The van der Waals surface area contributed by atoms with Gasteiger partial charge in [0.15, 0.2) is 0 Å². The predicted molar refractivity (Wildman–Crippen MR) is 66.4 cm³/mol. The fourth-order valence-electron chi connectivity index (χ4n) is 2.21. The minimum absolute atomic E-state index is 0.529. The van der Waals surface area contributed by atoms with Gasteiger partial charge < -0.3 is 0 Å². The van der Waals surface area contributed by atoms with Crippen molar-refractivity contribution in [3.8, 4) is 0 Å². The minimum atomic E-state index is 0.529. The fraction of sp³-hybridized carbons (Fsp3) is 0.643. The van der Waals surface area contributed by atoms with Gasteiger partial charge in [-0.15, -0.1) is 0 Å². The maximum Gasteiger partial charge on any atom is 0.0627 e. The van der Waals surface area contributed by atoms with E-state index in [1.165, 1.54) is 31.3 Å². The zero-order chi connectivity index (χ0) is 10.8. The first-order valence-electron chi connectivity index (χ1n) is 6.07. The number of hydrogen-bond donors (Lipinski definition) is 0. The molecule has 0 amide bonds. The second-order valence-electron chi connectivity index (χ2n) is 5.06. The summed E-state index contributed by atoms with van der Waals surface area (Å²) >= 11 is 0. The summed E-state index contributed by atoms with van der Waals surface area (Å²) in [5.74, 6) is 1.03. The molecule has 0 bridgehead atoms. The molecule has 0 saturated heterocycles. The molecule has 1 aliphatic carbocycles. The van der Waals surface area contributed by atoms with Crippen molar-refractivity contribution in [2.24, 2.45) is 10.9 Å². The molecule has 0 spiro atoms. The summed E-state index contributed by atoms with van der Waals surface area (Å²) in [5, 5.41) is 0. The summed E-state index contributed by atoms with van der Waals surface area (Å²) in [6.45, 7) is 8.20. The van der Waals surface area contributed by atoms with Crippen molar-refractivity contribution in [1.82, 2.24) is 0 Å². The molecule has 15 heavy (non-hydrogen) atoms. The van der Waals surface area contributed by atoms with E-state index in [0.29, 0.717) is 6.04 Å². The van der Waals surface area contributed by atoms with Crippen LogP contribution in [0.15, 0.2) is 28.8 Å². The molecule has 1 heteroatoms. The third-order valence-electron chi connectivity index (χ3n) is 3.39. The van der Waals surface area contributed by atoms with Gasteiger partial charge in [0.1, 0.15) is 0 Å². The first kappa shape index (κ1) is 10.7. The lowest BCUT2D eigenvalue weighted by Crippen LogP contribution is -2.15. The maximum atomic E-state index is 4.81. The van der Waals surface area contributed by atoms with Crippen molar-refractivity contribution in [3.63, 3.8) is 0 Å². The van der Waals surface area contributed by atoms with Crippen LogP contribution in [0.4, 0.5) is 0 Å². The molecule has 1 atom stereocenters. The van der Waals surface area contributed by atoms with Crippen LogP contribution in [0.1, 0.15) is 46.0 Å². The smallest absolute Gasteiger partial charge is 0.0627 e. The lowest BCUT2D eigenvalue weighted by molar-refractivity contribution is 0.556. The monoisotopic (exact) mass is 203 g/mol. The molecule has 82 valence electrons. The van der Waals surface area contributed by atoms with Gasteiger partial charge >= 0.3 is 0 Å². The second kappa shape index (κ2) is 4.34. The molecule has 2 aliphatic rings. The zero-order valence-electron chi connectivity index (χ0n) is 9.92. The first-order chi connectivity index (χ1) is 7.16. The number of rotatable bonds is 4. The van der Waals surface area contributed by atoms with Gasteiger partial charge in [0.25, 0.3) is 0 Å². The standard InChI is InChI=1S/C14H21N/c1-10(2)14-11(3)4-8-13(15-14)9-7-12-5-6-12/h4,12-13H,1,5-9H2,2-3H3/t13-/m1/s1. The lowest BCUT2D eigenvalue weighted by Gasteiger charge is -2.19. The SMILES string of the molecule is C=C(C)C1=N[C@@H](CCC2CC2)CC=C1C. The molecule has 1 heterocycles. The molecule has 1 aliphatic heterocycles. The van der Waals surface area contributed by atoms with Gasteiger partial charge in [0.2, 0.25) is 0 Å². The Kier molecular flexibility index (Phi) is 3.08. The van der Waals surface area contributed by atoms with E-state index >= 15 is 0 Å². The largest absolute Gasteiger partial charge is 0.281 e. The first-order valence-corrected chi connectivity index (χ1v) is 6.07. The van der Waals surface area contributed by atoms with Crippen LogP contribution >= 0.6 is 0 Å². The summed E-state index contributed by atoms with van der Waals surface area (Å²) in [6, 6.07) is 0.529. The average molecular weight is 203 g/mol. The Hall–Kier alpha value is -0.850. The minimum Gasteiger partial charge on any atom is -0.281 e. The summed E-state index contributed by atoms with van der Waals surface area (Å²) in [5.41, 5.74) is 3.58. The van der Waals surface area contributed by atoms with Crippen molar-refractivity contribution < 1.29 is 0 Å². The molecule has 0 unspecified atom stereocenters. The highest BCUT2D eigenvalue weighted by Gasteiger charge is 2.23. The Labute approximate surface area is 93.0 Å². The van der Waals surface area contributed by atoms with E-state index in [1.54, 1.807) is 0 Å². The van der Waals surface area contributed by atoms with Crippen molar-refractivity contribution in [1.29, 1.82) is 0 Å². The normalized spacial score (nSPS) is 25.9. The Balaban J connectivity index is 1.94. The van der Waals surface area contributed by atoms with E-state index in [9.17, 15) is 0 Å². The second-order valence-corrected chi connectivity index (χ2v) is 5.06. The molecule has 0 radical (unpaired) electrons. The van der Waals surface area contributed by atoms with Crippen LogP contribution in [0.3, 0.4) is 0 Å². The van der Waals surface area contributed by atoms with Crippen molar-refractivity contribution in [2.75, 3.05) is 0 Å². The Morgan fingerprint density at radius 3 is 2.80 bits per heavy atom. The average Bonchev–Trinajstić information content (AvgIpc) is 3.00. The summed E-state index contributed by atoms with van der Waals surface area (Å²) in [6.07, 6.45) is 9.02. The highest BCUT2D eigenvalue weighted by Crippen LogP contribution is 2.35. The van der Waals surface area contributed by atoms with Crippen molar-refractivity contribution >= 4 is 5.71 Å².